The largest absolute Gasteiger partial charge is 0.493 e. The van der Waals surface area contributed by atoms with Gasteiger partial charge in [-0.15, -0.1) is 0 Å². The van der Waals surface area contributed by atoms with E-state index in [0.717, 1.165) is 54.6 Å². The van der Waals surface area contributed by atoms with Gasteiger partial charge in [-0.25, -0.2) is 0 Å². The van der Waals surface area contributed by atoms with E-state index in [0.29, 0.717) is 0 Å². The number of hydrogen-bond acceptors (Lipinski definition) is 3. The Bertz CT molecular complexity index is 507. The summed E-state index contributed by atoms with van der Waals surface area (Å²) < 4.78 is 6.83. The maximum Gasteiger partial charge on any atom is 0.237 e. The summed E-state index contributed by atoms with van der Waals surface area (Å²) in [6.45, 7) is 1.53. The molecule has 5 heteroatoms. The van der Waals surface area contributed by atoms with Gasteiger partial charge in [-0.1, -0.05) is 22.0 Å². The predicted molar refractivity (Wildman–Crippen MR) is 80.8 cm³/mol. The number of nitrogens with one attached hydrogen (secondary N) is 2. The van der Waals surface area contributed by atoms with Crippen LogP contribution in [0.15, 0.2) is 22.7 Å². The Hall–Kier alpha value is -1.07. The molecule has 0 spiro atoms. The van der Waals surface area contributed by atoms with Crippen molar-refractivity contribution in [1.82, 2.24) is 10.6 Å². The molecule has 1 aromatic rings. The average Bonchev–Trinajstić information content (AvgIpc) is 2.63. The molecule has 2 atom stereocenters. The monoisotopic (exact) mass is 338 g/mol. The fourth-order valence-electron chi connectivity index (χ4n) is 2.89. The van der Waals surface area contributed by atoms with Crippen molar-refractivity contribution in [2.24, 2.45) is 0 Å². The van der Waals surface area contributed by atoms with Crippen LogP contribution in [0.5, 0.6) is 5.75 Å². The summed E-state index contributed by atoms with van der Waals surface area (Å²) in [5, 5.41) is 6.45. The van der Waals surface area contributed by atoms with Crippen LogP contribution in [0, 0.1) is 0 Å². The third-order valence-electron chi connectivity index (χ3n) is 3.93. The zero-order valence-electron chi connectivity index (χ0n) is 11.3. The third kappa shape index (κ3) is 2.99. The van der Waals surface area contributed by atoms with Crippen molar-refractivity contribution in [3.63, 3.8) is 0 Å². The summed E-state index contributed by atoms with van der Waals surface area (Å²) in [4.78, 5) is 11.9. The normalized spacial score (nSPS) is 26.1. The second-order valence-electron chi connectivity index (χ2n) is 5.38. The molecule has 1 aromatic carbocycles. The van der Waals surface area contributed by atoms with E-state index in [4.69, 9.17) is 4.74 Å². The standard InChI is InChI=1S/C15H19BrN2O2/c16-10-5-6-11-12(4-2-8-20-14(11)9-10)18-13-3-1-7-17-15(13)19/h5-6,9,12-13,18H,1-4,7-8H2,(H,17,19). The number of amides is 1. The fraction of sp³-hybridized carbons (Fsp3) is 0.533. The van der Waals surface area contributed by atoms with Crippen LogP contribution >= 0.6 is 15.9 Å². The first kappa shape index (κ1) is 13.9. The molecule has 4 nitrogen and oxygen atoms in total. The maximum absolute atomic E-state index is 11.9. The van der Waals surface area contributed by atoms with E-state index in [-0.39, 0.29) is 18.0 Å². The Labute approximate surface area is 127 Å². The molecule has 2 aliphatic rings. The molecule has 1 saturated heterocycles. The van der Waals surface area contributed by atoms with Crippen LogP contribution in [0.3, 0.4) is 0 Å². The second-order valence-corrected chi connectivity index (χ2v) is 6.29. The van der Waals surface area contributed by atoms with Gasteiger partial charge in [-0.2, -0.15) is 0 Å². The minimum absolute atomic E-state index is 0.0802. The molecule has 1 fully saturated rings. The summed E-state index contributed by atoms with van der Waals surface area (Å²) in [6, 6.07) is 6.24. The highest BCUT2D eigenvalue weighted by Crippen LogP contribution is 2.34. The van der Waals surface area contributed by atoms with E-state index in [2.05, 4.69) is 32.6 Å². The fourth-order valence-corrected chi connectivity index (χ4v) is 3.23. The smallest absolute Gasteiger partial charge is 0.237 e. The molecule has 0 radical (unpaired) electrons. The van der Waals surface area contributed by atoms with Crippen LogP contribution in [0.4, 0.5) is 0 Å². The molecule has 1 amide bonds. The number of carbonyl (C=O) groups is 1. The van der Waals surface area contributed by atoms with Gasteiger partial charge in [0, 0.05) is 22.6 Å². The van der Waals surface area contributed by atoms with Crippen LogP contribution in [0.25, 0.3) is 0 Å². The van der Waals surface area contributed by atoms with Gasteiger partial charge in [0.1, 0.15) is 5.75 Å². The highest BCUT2D eigenvalue weighted by Gasteiger charge is 2.27. The summed E-state index contributed by atoms with van der Waals surface area (Å²) in [5.74, 6) is 1.05. The summed E-state index contributed by atoms with van der Waals surface area (Å²) in [7, 11) is 0. The van der Waals surface area contributed by atoms with E-state index in [1.54, 1.807) is 0 Å². The van der Waals surface area contributed by atoms with Crippen LogP contribution in [-0.4, -0.2) is 25.1 Å². The number of fused-ring (bicyclic) bond motifs is 1. The summed E-state index contributed by atoms with van der Waals surface area (Å²) in [6.07, 6.45) is 3.95. The van der Waals surface area contributed by atoms with Crippen molar-refractivity contribution in [1.29, 1.82) is 0 Å². The molecule has 0 aliphatic carbocycles. The lowest BCUT2D eigenvalue weighted by molar-refractivity contribution is -0.124. The van der Waals surface area contributed by atoms with Gasteiger partial charge < -0.3 is 10.1 Å². The zero-order chi connectivity index (χ0) is 13.9. The Morgan fingerprint density at radius 2 is 2.10 bits per heavy atom. The molecule has 2 N–H and O–H groups in total. The number of hydrogen-bond donors (Lipinski definition) is 2. The molecular weight excluding hydrogens is 320 g/mol. The number of ether oxygens (including phenoxy) is 1. The molecule has 2 heterocycles. The van der Waals surface area contributed by atoms with Gasteiger partial charge in [-0.3, -0.25) is 10.1 Å². The number of benzene rings is 1. The molecule has 0 bridgehead atoms. The van der Waals surface area contributed by atoms with E-state index in [1.807, 2.05) is 12.1 Å². The Balaban J connectivity index is 1.81. The van der Waals surface area contributed by atoms with Gasteiger partial charge in [-0.05, 0) is 37.8 Å². The highest BCUT2D eigenvalue weighted by molar-refractivity contribution is 9.10. The summed E-state index contributed by atoms with van der Waals surface area (Å²) in [5.41, 5.74) is 1.16. The Kier molecular flexibility index (Phi) is 4.27. The molecule has 108 valence electrons. The van der Waals surface area contributed by atoms with Gasteiger partial charge in [0.05, 0.1) is 12.6 Å². The third-order valence-corrected chi connectivity index (χ3v) is 4.43. The molecular formula is C15H19BrN2O2. The van der Waals surface area contributed by atoms with Crippen LogP contribution < -0.4 is 15.4 Å². The predicted octanol–water partition coefficient (Wildman–Crippen LogP) is 2.53. The number of rotatable bonds is 2. The minimum atomic E-state index is -0.0802. The van der Waals surface area contributed by atoms with Crippen molar-refractivity contribution < 1.29 is 9.53 Å². The first-order valence-electron chi connectivity index (χ1n) is 7.20. The number of piperidine rings is 1. The van der Waals surface area contributed by atoms with E-state index in [9.17, 15) is 4.79 Å². The van der Waals surface area contributed by atoms with E-state index < -0.39 is 0 Å². The highest BCUT2D eigenvalue weighted by atomic mass is 79.9. The minimum Gasteiger partial charge on any atom is -0.493 e. The molecule has 0 saturated carbocycles. The Morgan fingerprint density at radius 1 is 1.25 bits per heavy atom. The Morgan fingerprint density at radius 3 is 2.95 bits per heavy atom. The lowest BCUT2D eigenvalue weighted by atomic mass is 9.98. The molecule has 3 rings (SSSR count). The van der Waals surface area contributed by atoms with E-state index >= 15 is 0 Å². The quantitative estimate of drug-likeness (QED) is 0.871. The molecule has 2 aliphatic heterocycles. The van der Waals surface area contributed by atoms with Gasteiger partial charge in [0.25, 0.3) is 0 Å². The first-order chi connectivity index (χ1) is 9.74. The maximum atomic E-state index is 11.9. The summed E-state index contributed by atoms with van der Waals surface area (Å²) >= 11 is 3.48. The SMILES string of the molecule is O=C1NCCCC1NC1CCCOc2cc(Br)ccc21. The van der Waals surface area contributed by atoms with Gasteiger partial charge in [0.2, 0.25) is 5.91 Å². The lowest BCUT2D eigenvalue weighted by Gasteiger charge is -2.28. The van der Waals surface area contributed by atoms with Crippen LogP contribution in [-0.2, 0) is 4.79 Å². The van der Waals surface area contributed by atoms with Gasteiger partial charge in [0.15, 0.2) is 0 Å². The van der Waals surface area contributed by atoms with Crippen molar-refractivity contribution in [3.05, 3.63) is 28.2 Å². The van der Waals surface area contributed by atoms with Crippen LogP contribution in [0.2, 0.25) is 0 Å². The average molecular weight is 339 g/mol. The van der Waals surface area contributed by atoms with Crippen molar-refractivity contribution in [2.75, 3.05) is 13.2 Å². The number of carbonyl (C=O) groups excluding carboxylic acids is 1. The zero-order valence-corrected chi connectivity index (χ0v) is 12.9. The second kappa shape index (κ2) is 6.14. The molecule has 20 heavy (non-hydrogen) atoms. The topological polar surface area (TPSA) is 50.4 Å². The molecule has 0 aromatic heterocycles. The van der Waals surface area contributed by atoms with Crippen molar-refractivity contribution in [2.45, 2.75) is 37.8 Å². The van der Waals surface area contributed by atoms with Crippen molar-refractivity contribution >= 4 is 21.8 Å². The van der Waals surface area contributed by atoms with Crippen molar-refractivity contribution in [3.8, 4) is 5.75 Å². The number of halogens is 1. The van der Waals surface area contributed by atoms with Crippen LogP contribution in [0.1, 0.15) is 37.3 Å². The lowest BCUT2D eigenvalue weighted by Crippen LogP contribution is -2.49. The van der Waals surface area contributed by atoms with E-state index in [1.165, 1.54) is 0 Å². The first-order valence-corrected chi connectivity index (χ1v) is 7.99. The molecule has 2 unspecified atom stereocenters. The van der Waals surface area contributed by atoms with Gasteiger partial charge >= 0.3 is 0 Å².